The van der Waals surface area contributed by atoms with Gasteiger partial charge in [-0.1, -0.05) is 17.5 Å². The highest BCUT2D eigenvalue weighted by Gasteiger charge is 2.40. The predicted molar refractivity (Wildman–Crippen MR) is 139 cm³/mol. The number of hydrogen-bond acceptors (Lipinski definition) is 7. The number of rotatable bonds is 5. The monoisotopic (exact) mass is 582 g/mol. The van der Waals surface area contributed by atoms with Crippen LogP contribution in [0.2, 0.25) is 5.15 Å². The molecular formula is C26H18ClF3N8O3. The van der Waals surface area contributed by atoms with Crippen LogP contribution in [-0.4, -0.2) is 66.1 Å². The maximum Gasteiger partial charge on any atom is 0.269 e. The lowest BCUT2D eigenvalue weighted by molar-refractivity contribution is -0.137. The number of halogens is 4. The Bertz CT molecular complexity index is 1750. The van der Waals surface area contributed by atoms with Gasteiger partial charge in [-0.15, -0.1) is 0 Å². The quantitative estimate of drug-likeness (QED) is 0.271. The third kappa shape index (κ3) is 5.94. The van der Waals surface area contributed by atoms with Gasteiger partial charge in [0.1, 0.15) is 23.9 Å². The second-order valence-corrected chi connectivity index (χ2v) is 9.31. The van der Waals surface area contributed by atoms with Gasteiger partial charge < -0.3 is 16.0 Å². The number of nitrogens with zero attached hydrogens (tertiary/aromatic N) is 6. The van der Waals surface area contributed by atoms with Crippen LogP contribution in [-0.2, 0) is 16.1 Å². The molecule has 3 amide bonds. The Hall–Kier alpha value is -5.03. The number of carbonyl (C=O) groups excluding carboxylic acids is 3. The second kappa shape index (κ2) is 11.2. The number of aromatic nitrogens is 5. The average molecular weight is 583 g/mol. The highest BCUT2D eigenvalue weighted by atomic mass is 35.5. The summed E-state index contributed by atoms with van der Waals surface area (Å²) in [5.74, 6) is 1.23. The molecule has 1 aliphatic heterocycles. The van der Waals surface area contributed by atoms with Gasteiger partial charge in [0.15, 0.2) is 23.1 Å². The standard InChI is InChI=1S/C26H18ClF3N8O3/c27-20-5-3-17(30)25(34-20)35-26(41)19-8-14(28)11-37(19)22(39)12-38-18-4-1-13(7-16(18)23(36-38)24(31)40)2-6-21-32-9-15(29)10-33-21/h1,3-5,7,9-10,14,19H,8,11-12H2,(H2,31,40)(H,34,35,41)/t14-,19+/m1/s1. The Morgan fingerprint density at radius 2 is 1.88 bits per heavy atom. The van der Waals surface area contributed by atoms with Crippen LogP contribution in [0, 0.1) is 23.5 Å². The zero-order valence-electron chi connectivity index (χ0n) is 20.8. The molecule has 4 heterocycles. The van der Waals surface area contributed by atoms with E-state index in [0.29, 0.717) is 16.5 Å². The van der Waals surface area contributed by atoms with Crippen molar-refractivity contribution < 1.29 is 27.6 Å². The maximum absolute atomic E-state index is 14.4. The van der Waals surface area contributed by atoms with Crippen LogP contribution in [0.25, 0.3) is 10.9 Å². The van der Waals surface area contributed by atoms with E-state index in [1.807, 2.05) is 0 Å². The average Bonchev–Trinajstić information content (AvgIpc) is 3.51. The Kier molecular flexibility index (Phi) is 7.54. The summed E-state index contributed by atoms with van der Waals surface area (Å²) >= 11 is 5.76. The largest absolute Gasteiger partial charge is 0.364 e. The fourth-order valence-electron chi connectivity index (χ4n) is 4.30. The predicted octanol–water partition coefficient (Wildman–Crippen LogP) is 2.23. The summed E-state index contributed by atoms with van der Waals surface area (Å²) in [6.45, 7) is -0.839. The molecule has 3 N–H and O–H groups in total. The summed E-state index contributed by atoms with van der Waals surface area (Å²) in [7, 11) is 0. The number of fused-ring (bicyclic) bond motifs is 1. The molecule has 1 aromatic carbocycles. The van der Waals surface area contributed by atoms with E-state index in [2.05, 4.69) is 37.2 Å². The van der Waals surface area contributed by atoms with Crippen molar-refractivity contribution in [3.63, 3.8) is 0 Å². The number of amides is 3. The van der Waals surface area contributed by atoms with E-state index in [4.69, 9.17) is 17.3 Å². The lowest BCUT2D eigenvalue weighted by Crippen LogP contribution is -2.44. The molecule has 11 nitrogen and oxygen atoms in total. The summed E-state index contributed by atoms with van der Waals surface area (Å²) in [4.78, 5) is 50.5. The second-order valence-electron chi connectivity index (χ2n) is 8.93. The summed E-state index contributed by atoms with van der Waals surface area (Å²) in [5.41, 5.74) is 6.13. The number of anilines is 1. The van der Waals surface area contributed by atoms with Crippen LogP contribution in [0.3, 0.4) is 0 Å². The maximum atomic E-state index is 14.4. The molecule has 0 saturated carbocycles. The molecule has 1 fully saturated rings. The molecule has 1 saturated heterocycles. The molecule has 0 aliphatic carbocycles. The number of alkyl halides is 1. The number of pyridine rings is 1. The van der Waals surface area contributed by atoms with Crippen LogP contribution >= 0.6 is 11.6 Å². The van der Waals surface area contributed by atoms with Crippen LogP contribution in [0.1, 0.15) is 28.3 Å². The van der Waals surface area contributed by atoms with Crippen molar-refractivity contribution in [1.29, 1.82) is 0 Å². The molecule has 2 atom stereocenters. The van der Waals surface area contributed by atoms with Gasteiger partial charge >= 0.3 is 0 Å². The van der Waals surface area contributed by atoms with Crippen molar-refractivity contribution in [3.05, 3.63) is 76.6 Å². The van der Waals surface area contributed by atoms with Crippen molar-refractivity contribution >= 4 is 46.0 Å². The van der Waals surface area contributed by atoms with E-state index in [1.54, 1.807) is 12.1 Å². The molecule has 41 heavy (non-hydrogen) atoms. The van der Waals surface area contributed by atoms with Crippen LogP contribution < -0.4 is 11.1 Å². The Labute approximate surface area is 234 Å². The molecule has 0 unspecified atom stereocenters. The molecule has 5 rings (SSSR count). The molecule has 3 aromatic heterocycles. The van der Waals surface area contributed by atoms with Gasteiger partial charge in [-0.05, 0) is 36.3 Å². The van der Waals surface area contributed by atoms with E-state index in [1.165, 1.54) is 16.8 Å². The number of carbonyl (C=O) groups is 3. The smallest absolute Gasteiger partial charge is 0.269 e. The first-order valence-corrected chi connectivity index (χ1v) is 12.3. The summed E-state index contributed by atoms with van der Waals surface area (Å²) in [6, 6.07) is 5.61. The molecule has 1 aliphatic rings. The van der Waals surface area contributed by atoms with E-state index in [0.717, 1.165) is 23.4 Å². The van der Waals surface area contributed by atoms with Crippen molar-refractivity contribution in [2.24, 2.45) is 5.73 Å². The summed E-state index contributed by atoms with van der Waals surface area (Å²) in [5, 5.41) is 6.63. The van der Waals surface area contributed by atoms with Crippen molar-refractivity contribution in [3.8, 4) is 11.8 Å². The molecule has 0 radical (unpaired) electrons. The first-order valence-electron chi connectivity index (χ1n) is 12.0. The third-order valence-corrected chi connectivity index (χ3v) is 6.35. The molecular weight excluding hydrogens is 565 g/mol. The third-order valence-electron chi connectivity index (χ3n) is 6.13. The van der Waals surface area contributed by atoms with Gasteiger partial charge in [0, 0.05) is 17.4 Å². The van der Waals surface area contributed by atoms with E-state index < -0.39 is 53.9 Å². The Morgan fingerprint density at radius 3 is 2.61 bits per heavy atom. The van der Waals surface area contributed by atoms with Crippen molar-refractivity contribution in [2.45, 2.75) is 25.2 Å². The summed E-state index contributed by atoms with van der Waals surface area (Å²) in [6.07, 6.45) is 0.122. The highest BCUT2D eigenvalue weighted by molar-refractivity contribution is 6.29. The van der Waals surface area contributed by atoms with Gasteiger partial charge in [0.05, 0.1) is 24.5 Å². The molecule has 208 valence electrons. The lowest BCUT2D eigenvalue weighted by atomic mass is 10.1. The highest BCUT2D eigenvalue weighted by Crippen LogP contribution is 2.25. The number of primary amides is 1. The lowest BCUT2D eigenvalue weighted by Gasteiger charge is -2.23. The Balaban J connectivity index is 1.39. The van der Waals surface area contributed by atoms with Gasteiger partial charge in [-0.25, -0.2) is 28.1 Å². The fraction of sp³-hybridized carbons (Fsp3) is 0.192. The van der Waals surface area contributed by atoms with Gasteiger partial charge in [0.25, 0.3) is 5.91 Å². The molecule has 0 bridgehead atoms. The van der Waals surface area contributed by atoms with E-state index in [-0.39, 0.29) is 29.6 Å². The topological polar surface area (TPSA) is 149 Å². The first-order chi connectivity index (χ1) is 19.6. The molecule has 15 heteroatoms. The Morgan fingerprint density at radius 1 is 1.12 bits per heavy atom. The normalized spacial score (nSPS) is 16.3. The molecule has 0 spiro atoms. The summed E-state index contributed by atoms with van der Waals surface area (Å²) < 4.78 is 42.7. The number of likely N-dealkylation sites (tertiary alicyclic amines) is 1. The number of nitrogens with one attached hydrogen (secondary N) is 1. The number of nitrogens with two attached hydrogens (primary N) is 1. The zero-order valence-corrected chi connectivity index (χ0v) is 21.6. The minimum Gasteiger partial charge on any atom is -0.364 e. The number of benzene rings is 1. The fourth-order valence-corrected chi connectivity index (χ4v) is 4.45. The van der Waals surface area contributed by atoms with E-state index in [9.17, 15) is 27.6 Å². The SMILES string of the molecule is NC(=O)c1nn(CC(=O)N2C[C@H](F)C[C@H]2C(=O)Nc2nc(Cl)ccc2F)c2ccc(C#Cc3ncc(F)cn3)cc12. The van der Waals surface area contributed by atoms with Crippen molar-refractivity contribution in [2.75, 3.05) is 11.9 Å². The van der Waals surface area contributed by atoms with Crippen molar-refractivity contribution in [1.82, 2.24) is 29.6 Å². The minimum absolute atomic E-state index is 0.0711. The van der Waals surface area contributed by atoms with Gasteiger partial charge in [-0.2, -0.15) is 5.10 Å². The van der Waals surface area contributed by atoms with Crippen LogP contribution in [0.4, 0.5) is 19.0 Å². The van der Waals surface area contributed by atoms with Crippen LogP contribution in [0.15, 0.2) is 42.7 Å². The molecule has 4 aromatic rings. The van der Waals surface area contributed by atoms with Gasteiger partial charge in [-0.3, -0.25) is 19.1 Å². The number of hydrogen-bond donors (Lipinski definition) is 2. The van der Waals surface area contributed by atoms with Crippen LogP contribution in [0.5, 0.6) is 0 Å². The van der Waals surface area contributed by atoms with Gasteiger partial charge in [0.2, 0.25) is 17.6 Å². The zero-order chi connectivity index (χ0) is 29.3. The minimum atomic E-state index is -1.51. The first kappa shape index (κ1) is 27.5. The van der Waals surface area contributed by atoms with E-state index >= 15 is 0 Å².